The van der Waals surface area contributed by atoms with Crippen LogP contribution < -0.4 is 4.90 Å². The van der Waals surface area contributed by atoms with Gasteiger partial charge in [0.05, 0.1) is 5.69 Å². The lowest BCUT2D eigenvalue weighted by atomic mass is 10.1. The molecule has 0 atom stereocenters. The van der Waals surface area contributed by atoms with Gasteiger partial charge in [0.1, 0.15) is 18.2 Å². The molecule has 2 rings (SSSR count). The molecule has 1 aromatic rings. The maximum atomic E-state index is 14.0. The van der Waals surface area contributed by atoms with Crippen LogP contribution in [0.3, 0.4) is 0 Å². The molecule has 1 aliphatic heterocycles. The molecular formula is C14H16F2N2O2. The number of nitrogens with zero attached hydrogens (tertiary/aromatic N) is 1. The lowest BCUT2D eigenvalue weighted by molar-refractivity contribution is -0.142. The Morgan fingerprint density at radius 3 is 2.55 bits per heavy atom. The Hall–Kier alpha value is -1.98. The number of carbonyl (C=O) groups is 1. The maximum absolute atomic E-state index is 14.0. The first-order chi connectivity index (χ1) is 9.47. The zero-order valence-corrected chi connectivity index (χ0v) is 11.2. The fourth-order valence-corrected chi connectivity index (χ4v) is 2.13. The van der Waals surface area contributed by atoms with E-state index in [4.69, 9.17) is 5.41 Å². The molecule has 20 heavy (non-hydrogen) atoms. The molecule has 0 amide bonds. The number of rotatable bonds is 3. The van der Waals surface area contributed by atoms with E-state index in [1.807, 2.05) is 0 Å². The Morgan fingerprint density at radius 1 is 1.30 bits per heavy atom. The number of piperidine rings is 1. The second-order valence-corrected chi connectivity index (χ2v) is 4.77. The molecule has 6 heteroatoms. The fourth-order valence-electron chi connectivity index (χ4n) is 2.13. The van der Waals surface area contributed by atoms with Crippen molar-refractivity contribution in [3.8, 4) is 0 Å². The summed E-state index contributed by atoms with van der Waals surface area (Å²) in [6.07, 6.45) is 1.13. The number of benzene rings is 1. The number of esters is 1. The van der Waals surface area contributed by atoms with Crippen molar-refractivity contribution in [2.75, 3.05) is 18.0 Å². The van der Waals surface area contributed by atoms with Gasteiger partial charge in [0.2, 0.25) is 0 Å². The Kier molecular flexibility index (Phi) is 4.32. The molecule has 0 bridgehead atoms. The van der Waals surface area contributed by atoms with Crippen LogP contribution in [0.1, 0.15) is 25.3 Å². The summed E-state index contributed by atoms with van der Waals surface area (Å²) in [4.78, 5) is 12.4. The van der Waals surface area contributed by atoms with Crippen LogP contribution in [0.2, 0.25) is 0 Å². The zero-order valence-electron chi connectivity index (χ0n) is 11.2. The molecule has 0 saturated carbocycles. The van der Waals surface area contributed by atoms with Crippen LogP contribution in [0.25, 0.3) is 0 Å². The van der Waals surface area contributed by atoms with E-state index >= 15 is 0 Å². The SMILES string of the molecule is CC(=O)OCc1cc(F)c(N2CCC(=N)CC2)cc1F. The summed E-state index contributed by atoms with van der Waals surface area (Å²) in [5.74, 6) is -1.67. The van der Waals surface area contributed by atoms with E-state index in [0.29, 0.717) is 31.6 Å². The van der Waals surface area contributed by atoms with Crippen LogP contribution in [-0.4, -0.2) is 24.8 Å². The molecule has 1 aromatic carbocycles. The van der Waals surface area contributed by atoms with E-state index in [1.165, 1.54) is 6.92 Å². The minimum atomic E-state index is -0.594. The first-order valence-corrected chi connectivity index (χ1v) is 6.40. The van der Waals surface area contributed by atoms with E-state index in [-0.39, 0.29) is 17.9 Å². The summed E-state index contributed by atoms with van der Waals surface area (Å²) in [5, 5.41) is 7.52. The molecule has 1 heterocycles. The van der Waals surface area contributed by atoms with Crippen molar-refractivity contribution in [1.29, 1.82) is 5.41 Å². The monoisotopic (exact) mass is 282 g/mol. The first kappa shape index (κ1) is 14.4. The summed E-state index contributed by atoms with van der Waals surface area (Å²) in [6, 6.07) is 2.19. The summed E-state index contributed by atoms with van der Waals surface area (Å²) in [6.45, 7) is 1.96. The number of halogens is 2. The second-order valence-electron chi connectivity index (χ2n) is 4.77. The van der Waals surface area contributed by atoms with Crippen LogP contribution in [0.4, 0.5) is 14.5 Å². The van der Waals surface area contributed by atoms with E-state index in [0.717, 1.165) is 12.1 Å². The number of nitrogens with one attached hydrogen (secondary N) is 1. The Labute approximate surface area is 115 Å². The summed E-state index contributed by atoms with van der Waals surface area (Å²) < 4.78 is 32.6. The third-order valence-corrected chi connectivity index (χ3v) is 3.25. The van der Waals surface area contributed by atoms with Crippen molar-refractivity contribution in [3.63, 3.8) is 0 Å². The van der Waals surface area contributed by atoms with Gasteiger partial charge < -0.3 is 15.0 Å². The van der Waals surface area contributed by atoms with Gasteiger partial charge in [0.25, 0.3) is 0 Å². The Balaban J connectivity index is 2.17. The number of anilines is 1. The largest absolute Gasteiger partial charge is 0.461 e. The topological polar surface area (TPSA) is 53.4 Å². The highest BCUT2D eigenvalue weighted by atomic mass is 19.1. The highest BCUT2D eigenvalue weighted by Crippen LogP contribution is 2.26. The van der Waals surface area contributed by atoms with Gasteiger partial charge in [-0.3, -0.25) is 4.79 Å². The molecule has 0 spiro atoms. The van der Waals surface area contributed by atoms with Crippen LogP contribution in [0.15, 0.2) is 12.1 Å². The quantitative estimate of drug-likeness (QED) is 0.867. The van der Waals surface area contributed by atoms with Gasteiger partial charge in [-0.25, -0.2) is 8.78 Å². The van der Waals surface area contributed by atoms with E-state index in [2.05, 4.69) is 4.74 Å². The molecule has 108 valence electrons. The van der Waals surface area contributed by atoms with Crippen molar-refractivity contribution in [3.05, 3.63) is 29.3 Å². The molecule has 0 aromatic heterocycles. The standard InChI is InChI=1S/C14H16F2N2O2/c1-9(19)20-8-10-6-13(16)14(7-12(10)15)18-4-2-11(17)3-5-18/h6-7,17H,2-5,8H2,1H3. The van der Waals surface area contributed by atoms with Crippen molar-refractivity contribution < 1.29 is 18.3 Å². The average molecular weight is 282 g/mol. The number of hydrogen-bond acceptors (Lipinski definition) is 4. The van der Waals surface area contributed by atoms with Crippen LogP contribution in [0, 0.1) is 17.0 Å². The summed E-state index contributed by atoms with van der Waals surface area (Å²) in [5.41, 5.74) is 0.849. The van der Waals surface area contributed by atoms with Gasteiger partial charge in [0, 0.05) is 50.2 Å². The average Bonchev–Trinajstić information content (AvgIpc) is 2.40. The molecule has 1 N–H and O–H groups in total. The molecular weight excluding hydrogens is 266 g/mol. The minimum Gasteiger partial charge on any atom is -0.461 e. The van der Waals surface area contributed by atoms with Crippen LogP contribution in [-0.2, 0) is 16.1 Å². The fraction of sp³-hybridized carbons (Fsp3) is 0.429. The van der Waals surface area contributed by atoms with Crippen molar-refractivity contribution in [2.45, 2.75) is 26.4 Å². The van der Waals surface area contributed by atoms with Gasteiger partial charge in [-0.1, -0.05) is 0 Å². The number of ether oxygens (including phenoxy) is 1. The van der Waals surface area contributed by atoms with Gasteiger partial charge in [-0.05, 0) is 6.07 Å². The molecule has 1 saturated heterocycles. The van der Waals surface area contributed by atoms with Gasteiger partial charge in [0.15, 0.2) is 0 Å². The Bertz CT molecular complexity index is 536. The predicted molar refractivity (Wildman–Crippen MR) is 71.0 cm³/mol. The van der Waals surface area contributed by atoms with Crippen molar-refractivity contribution in [2.24, 2.45) is 0 Å². The molecule has 4 nitrogen and oxygen atoms in total. The zero-order chi connectivity index (χ0) is 14.7. The van der Waals surface area contributed by atoms with E-state index < -0.39 is 17.6 Å². The van der Waals surface area contributed by atoms with Crippen molar-refractivity contribution >= 4 is 17.4 Å². The molecule has 1 aliphatic rings. The van der Waals surface area contributed by atoms with Crippen LogP contribution in [0.5, 0.6) is 0 Å². The summed E-state index contributed by atoms with van der Waals surface area (Å²) >= 11 is 0. The highest BCUT2D eigenvalue weighted by Gasteiger charge is 2.19. The normalized spacial score (nSPS) is 15.3. The number of carbonyl (C=O) groups excluding carboxylic acids is 1. The maximum Gasteiger partial charge on any atom is 0.302 e. The molecule has 1 fully saturated rings. The Morgan fingerprint density at radius 2 is 1.95 bits per heavy atom. The third-order valence-electron chi connectivity index (χ3n) is 3.25. The minimum absolute atomic E-state index is 0.0196. The van der Waals surface area contributed by atoms with E-state index in [1.54, 1.807) is 4.90 Å². The molecule has 0 aliphatic carbocycles. The first-order valence-electron chi connectivity index (χ1n) is 6.40. The van der Waals surface area contributed by atoms with Crippen molar-refractivity contribution in [1.82, 2.24) is 0 Å². The highest BCUT2D eigenvalue weighted by molar-refractivity contribution is 5.83. The predicted octanol–water partition coefficient (Wildman–Crippen LogP) is 2.65. The molecule has 0 radical (unpaired) electrons. The second kappa shape index (κ2) is 5.98. The smallest absolute Gasteiger partial charge is 0.302 e. The molecule has 0 unspecified atom stereocenters. The number of hydrogen-bond donors (Lipinski definition) is 1. The van der Waals surface area contributed by atoms with Gasteiger partial charge >= 0.3 is 5.97 Å². The lowest BCUT2D eigenvalue weighted by Gasteiger charge is -2.29. The third kappa shape index (κ3) is 3.31. The summed E-state index contributed by atoms with van der Waals surface area (Å²) in [7, 11) is 0. The van der Waals surface area contributed by atoms with Gasteiger partial charge in [-0.15, -0.1) is 0 Å². The van der Waals surface area contributed by atoms with Crippen LogP contribution >= 0.6 is 0 Å². The van der Waals surface area contributed by atoms with Gasteiger partial charge in [-0.2, -0.15) is 0 Å². The van der Waals surface area contributed by atoms with E-state index in [9.17, 15) is 13.6 Å². The lowest BCUT2D eigenvalue weighted by Crippen LogP contribution is -2.34.